The quantitative estimate of drug-likeness (QED) is 0.120. The Kier molecular flexibility index (Phi) is 14.5. The molecule has 0 bridgehead atoms. The van der Waals surface area contributed by atoms with Crippen LogP contribution in [0.5, 0.6) is 0 Å². The van der Waals surface area contributed by atoms with Crippen LogP contribution in [0.3, 0.4) is 0 Å². The van der Waals surface area contributed by atoms with Crippen LogP contribution in [0.4, 0.5) is 0 Å². The van der Waals surface area contributed by atoms with Gasteiger partial charge in [0.25, 0.3) is 0 Å². The molecule has 0 unspecified atom stereocenters. The van der Waals surface area contributed by atoms with Gasteiger partial charge in [-0.25, -0.2) is 15.0 Å². The lowest BCUT2D eigenvalue weighted by Crippen LogP contribution is -2.03. The van der Waals surface area contributed by atoms with Crippen LogP contribution in [0.1, 0.15) is 16.7 Å². The Hall–Kier alpha value is -13.8. The highest BCUT2D eigenvalue weighted by Crippen LogP contribution is 2.45. The van der Waals surface area contributed by atoms with E-state index in [0.29, 0.717) is 34.2 Å². The minimum atomic E-state index is 0.425. The van der Waals surface area contributed by atoms with Crippen molar-refractivity contribution in [3.8, 4) is 142 Å². The third-order valence-corrected chi connectivity index (χ3v) is 18.7. The van der Waals surface area contributed by atoms with Gasteiger partial charge in [-0.3, -0.25) is 0 Å². The van der Waals surface area contributed by atoms with E-state index in [9.17, 15) is 15.8 Å². The van der Waals surface area contributed by atoms with Crippen LogP contribution in [-0.4, -0.2) is 24.1 Å². The molecule has 3 aromatic heterocycles. The number of hydrogen-bond donors (Lipinski definition) is 0. The van der Waals surface area contributed by atoms with Crippen molar-refractivity contribution in [2.45, 2.75) is 0 Å². The van der Waals surface area contributed by atoms with Crippen molar-refractivity contribution >= 4 is 43.6 Å². The maximum absolute atomic E-state index is 10.5. The van der Waals surface area contributed by atoms with Crippen LogP contribution in [-0.2, 0) is 0 Å². The lowest BCUT2D eigenvalue weighted by atomic mass is 9.97. The van der Waals surface area contributed by atoms with Crippen LogP contribution < -0.4 is 0 Å². The Balaban J connectivity index is 0.897. The van der Waals surface area contributed by atoms with E-state index in [1.54, 1.807) is 0 Å². The second kappa shape index (κ2) is 24.6. The van der Waals surface area contributed by atoms with Gasteiger partial charge in [0.15, 0.2) is 17.5 Å². The summed E-state index contributed by atoms with van der Waals surface area (Å²) in [5, 5.41) is 35.3. The zero-order chi connectivity index (χ0) is 65.6. The molecule has 3 heterocycles. The van der Waals surface area contributed by atoms with Gasteiger partial charge in [-0.15, -0.1) is 0 Å². The van der Waals surface area contributed by atoms with Gasteiger partial charge in [0, 0.05) is 49.4 Å². The number of fused-ring (bicyclic) bond motifs is 6. The molecule has 0 fully saturated rings. The summed E-state index contributed by atoms with van der Waals surface area (Å²) in [7, 11) is 0. The maximum Gasteiger partial charge on any atom is 0.164 e. The molecular weight excluding hydrogens is 1190 g/mol. The molecule has 0 radical (unpaired) electrons. The predicted molar refractivity (Wildman–Crippen MR) is 397 cm³/mol. The molecule has 0 aliphatic rings. The van der Waals surface area contributed by atoms with Gasteiger partial charge >= 0.3 is 0 Å². The Morgan fingerprint density at radius 3 is 0.888 bits per heavy atom. The van der Waals surface area contributed by atoms with Crippen molar-refractivity contribution in [2.24, 2.45) is 0 Å². The van der Waals surface area contributed by atoms with Gasteiger partial charge in [0.1, 0.15) is 0 Å². The molecular formula is C90H54N8. The number of nitriles is 3. The van der Waals surface area contributed by atoms with Gasteiger partial charge in [0.05, 0.1) is 68.3 Å². The zero-order valence-electron chi connectivity index (χ0n) is 52.8. The first-order valence-electron chi connectivity index (χ1n) is 32.5. The van der Waals surface area contributed by atoms with Crippen LogP contribution in [0, 0.1) is 34.0 Å². The van der Waals surface area contributed by atoms with Gasteiger partial charge in [-0.1, -0.05) is 206 Å². The first-order chi connectivity index (χ1) is 48.4. The van der Waals surface area contributed by atoms with Crippen LogP contribution in [0.25, 0.3) is 167 Å². The van der Waals surface area contributed by atoms with Crippen LogP contribution in [0.15, 0.2) is 328 Å². The fourth-order valence-electron chi connectivity index (χ4n) is 13.9. The molecule has 14 aromatic carbocycles. The monoisotopic (exact) mass is 1250 g/mol. The molecule has 8 heteroatoms. The standard InChI is InChI=1S/C90H54N8/c91-55-58-31-33-65(34-32-58)74-29-13-14-30-75(74)90-95-88(72-39-45-82(76(53-72)70-27-15-17-59(47-70)56-92)97-84-41-35-66(61-19-5-1-6-20-61)49-78(84)79-50-67(36-42-85(79)97)62-21-7-2-8-22-62)94-89(96-90)73-40-46-83(77(54-73)71-28-16-18-60(48-71)57-93)98-86-43-37-68(63-23-9-3-10-24-63)51-80(86)81-52-69(38-44-87(81)98)64-25-11-4-12-26-64/h1-54H. The van der Waals surface area contributed by atoms with E-state index in [1.807, 2.05) is 103 Å². The van der Waals surface area contributed by atoms with Gasteiger partial charge < -0.3 is 9.13 Å². The van der Waals surface area contributed by atoms with E-state index in [0.717, 1.165) is 150 Å². The maximum atomic E-state index is 10.5. The lowest BCUT2D eigenvalue weighted by molar-refractivity contribution is 1.07. The SMILES string of the molecule is N#Cc1ccc(-c2ccccc2-c2nc(-c3ccc(-n4c5ccc(-c6ccccc6)cc5c5cc(-c6ccccc6)ccc54)c(-c4cccc(C#N)c4)c3)nc(-c3ccc(-n4c5ccc(-c6ccccc6)cc5c5cc(-c6ccccc6)ccc54)c(-c4cccc(C#N)c4)c3)n2)cc1. The van der Waals surface area contributed by atoms with Crippen molar-refractivity contribution in [3.05, 3.63) is 344 Å². The largest absolute Gasteiger partial charge is 0.309 e. The predicted octanol–water partition coefficient (Wildman–Crippen LogP) is 22.4. The number of rotatable bonds is 12. The molecule has 0 spiro atoms. The van der Waals surface area contributed by atoms with Gasteiger partial charge in [0.2, 0.25) is 0 Å². The third-order valence-electron chi connectivity index (χ3n) is 18.7. The van der Waals surface area contributed by atoms with Gasteiger partial charge in [-0.05, 0) is 188 Å². The van der Waals surface area contributed by atoms with Crippen molar-refractivity contribution < 1.29 is 0 Å². The summed E-state index contributed by atoms with van der Waals surface area (Å²) in [4.78, 5) is 16.5. The highest BCUT2D eigenvalue weighted by Gasteiger charge is 2.24. The average molecular weight is 1250 g/mol. The second-order valence-corrected chi connectivity index (χ2v) is 24.5. The number of nitrogens with zero attached hydrogens (tertiary/aromatic N) is 8. The van der Waals surface area contributed by atoms with Crippen molar-refractivity contribution in [2.75, 3.05) is 0 Å². The summed E-state index contributed by atoms with van der Waals surface area (Å²) in [6.07, 6.45) is 0. The summed E-state index contributed by atoms with van der Waals surface area (Å²) in [5.41, 5.74) is 23.9. The third kappa shape index (κ3) is 10.5. The number of aromatic nitrogens is 5. The van der Waals surface area contributed by atoms with E-state index in [1.165, 1.54) is 0 Å². The number of benzene rings is 14. The molecule has 0 saturated carbocycles. The summed E-state index contributed by atoms with van der Waals surface area (Å²) < 4.78 is 4.69. The zero-order valence-corrected chi connectivity index (χ0v) is 52.8. The second-order valence-electron chi connectivity index (χ2n) is 24.5. The minimum Gasteiger partial charge on any atom is -0.309 e. The molecule has 17 rings (SSSR count). The molecule has 0 amide bonds. The van der Waals surface area contributed by atoms with E-state index in [4.69, 9.17) is 15.0 Å². The summed E-state index contributed by atoms with van der Waals surface area (Å²) in [5.74, 6) is 1.29. The topological polar surface area (TPSA) is 120 Å². The summed E-state index contributed by atoms with van der Waals surface area (Å²) in [6.45, 7) is 0. The molecule has 8 nitrogen and oxygen atoms in total. The fraction of sp³-hybridized carbons (Fsp3) is 0. The van der Waals surface area contributed by atoms with E-state index < -0.39 is 0 Å². The minimum absolute atomic E-state index is 0.425. The highest BCUT2D eigenvalue weighted by atomic mass is 15.0. The molecule has 0 aliphatic carbocycles. The fourth-order valence-corrected chi connectivity index (χ4v) is 13.9. The van der Waals surface area contributed by atoms with Crippen molar-refractivity contribution in [3.63, 3.8) is 0 Å². The van der Waals surface area contributed by atoms with Crippen LogP contribution in [0.2, 0.25) is 0 Å². The van der Waals surface area contributed by atoms with E-state index in [-0.39, 0.29) is 0 Å². The molecule has 0 N–H and O–H groups in total. The first kappa shape index (κ1) is 58.0. The summed E-state index contributed by atoms with van der Waals surface area (Å²) >= 11 is 0. The molecule has 17 aromatic rings. The molecule has 0 aliphatic heterocycles. The normalized spacial score (nSPS) is 11.2. The Morgan fingerprint density at radius 2 is 0.520 bits per heavy atom. The van der Waals surface area contributed by atoms with E-state index in [2.05, 4.69) is 252 Å². The highest BCUT2D eigenvalue weighted by molar-refractivity contribution is 6.14. The van der Waals surface area contributed by atoms with Gasteiger partial charge in [-0.2, -0.15) is 15.8 Å². The Morgan fingerprint density at radius 1 is 0.204 bits per heavy atom. The lowest BCUT2D eigenvalue weighted by Gasteiger charge is -2.18. The number of hydrogen-bond acceptors (Lipinski definition) is 6. The Labute approximate surface area is 566 Å². The van der Waals surface area contributed by atoms with Crippen molar-refractivity contribution in [1.82, 2.24) is 24.1 Å². The van der Waals surface area contributed by atoms with Crippen molar-refractivity contribution in [1.29, 1.82) is 15.8 Å². The summed E-state index contributed by atoms with van der Waals surface area (Å²) in [6, 6.07) is 120. The molecule has 0 atom stereocenters. The van der Waals surface area contributed by atoms with Crippen LogP contribution >= 0.6 is 0 Å². The average Bonchev–Trinajstić information content (AvgIpc) is 1.56. The van der Waals surface area contributed by atoms with E-state index >= 15 is 0 Å². The Bertz CT molecular complexity index is 5610. The molecule has 98 heavy (non-hydrogen) atoms. The first-order valence-corrected chi connectivity index (χ1v) is 32.5. The molecule has 0 saturated heterocycles. The molecule has 454 valence electrons. The smallest absolute Gasteiger partial charge is 0.164 e.